The van der Waals surface area contributed by atoms with E-state index < -0.39 is 28.0 Å². The van der Waals surface area contributed by atoms with E-state index in [-0.39, 0.29) is 17.5 Å². The lowest BCUT2D eigenvalue weighted by molar-refractivity contribution is 0.0602. The summed E-state index contributed by atoms with van der Waals surface area (Å²) in [5, 5.41) is 0.559. The number of fused-ring (bicyclic) bond motifs is 2. The second-order valence-electron chi connectivity index (χ2n) is 9.09. The molecule has 4 rings (SSSR count). The third-order valence-corrected chi connectivity index (χ3v) is 6.87. The highest BCUT2D eigenvalue weighted by atomic mass is 32.2. The summed E-state index contributed by atoms with van der Waals surface area (Å²) >= 11 is 0. The number of carbonyl (C=O) groups excluding carboxylic acids is 2. The van der Waals surface area contributed by atoms with Gasteiger partial charge in [-0.2, -0.15) is 0 Å². The Morgan fingerprint density at radius 2 is 1.82 bits per heavy atom. The number of ether oxygens (including phenoxy) is 2. The summed E-state index contributed by atoms with van der Waals surface area (Å²) in [6, 6.07) is 12.3. The quantitative estimate of drug-likeness (QED) is 0.543. The van der Waals surface area contributed by atoms with Crippen LogP contribution in [0.1, 0.15) is 41.5 Å². The number of para-hydroxylation sites is 1. The molecule has 0 bridgehead atoms. The Morgan fingerprint density at radius 1 is 1.12 bits per heavy atom. The monoisotopic (exact) mass is 470 g/mol. The van der Waals surface area contributed by atoms with Gasteiger partial charge in [-0.1, -0.05) is 45.0 Å². The van der Waals surface area contributed by atoms with E-state index in [4.69, 9.17) is 9.47 Å². The molecule has 2 heterocycles. The molecule has 0 spiro atoms. The first-order chi connectivity index (χ1) is 15.4. The van der Waals surface area contributed by atoms with Gasteiger partial charge in [-0.05, 0) is 29.2 Å². The van der Waals surface area contributed by atoms with Gasteiger partial charge in [0.05, 0.1) is 36.7 Å². The Hall–Kier alpha value is -3.33. The van der Waals surface area contributed by atoms with Crippen molar-refractivity contribution in [1.82, 2.24) is 4.57 Å². The Balaban J connectivity index is 1.79. The summed E-state index contributed by atoms with van der Waals surface area (Å²) in [4.78, 5) is 25.7. The van der Waals surface area contributed by atoms with Crippen LogP contribution in [0.3, 0.4) is 0 Å². The third kappa shape index (κ3) is 4.08. The average Bonchev–Trinajstić information content (AvgIpc) is 3.15. The smallest absolute Gasteiger partial charge is 0.340 e. The molecule has 174 valence electrons. The molecule has 3 aromatic rings. The van der Waals surface area contributed by atoms with Crippen LogP contribution >= 0.6 is 0 Å². The molecule has 9 heteroatoms. The molecular formula is C24H26N2O6S. The minimum Gasteiger partial charge on any atom is -0.476 e. The maximum Gasteiger partial charge on any atom is 0.340 e. The highest BCUT2D eigenvalue weighted by Crippen LogP contribution is 2.39. The normalized spacial score (nSPS) is 16.3. The maximum absolute atomic E-state index is 13.5. The topological polar surface area (TPSA) is 94.9 Å². The molecule has 0 N–H and O–H groups in total. The van der Waals surface area contributed by atoms with Crippen molar-refractivity contribution in [3.8, 4) is 5.75 Å². The fourth-order valence-corrected chi connectivity index (χ4v) is 4.86. The average molecular weight is 471 g/mol. The fraction of sp³-hybridized carbons (Fsp3) is 0.333. The van der Waals surface area contributed by atoms with Crippen LogP contribution in [0.2, 0.25) is 0 Å². The summed E-state index contributed by atoms with van der Waals surface area (Å²) in [6.07, 6.45) is 1.41. The SMILES string of the molecule is COC(=O)c1cn(C(=O)[C@H]2CN(S(C)(=O)=O)c3cc(C(C)(C)C)ccc3O2)c2ccccc12. The number of carbonyl (C=O) groups is 2. The van der Waals surface area contributed by atoms with Crippen molar-refractivity contribution in [2.75, 3.05) is 24.2 Å². The zero-order valence-electron chi connectivity index (χ0n) is 19.2. The van der Waals surface area contributed by atoms with Gasteiger partial charge in [0.2, 0.25) is 10.0 Å². The standard InChI is InChI=1S/C24H26N2O6S/c1-24(2,3)15-10-11-20-19(12-15)26(33(5,29)30)14-21(32-20)22(27)25-13-17(23(28)31-4)16-8-6-7-9-18(16)25/h6-13,21H,14H2,1-5H3/t21-/m1/s1. The highest BCUT2D eigenvalue weighted by Gasteiger charge is 2.37. The summed E-state index contributed by atoms with van der Waals surface area (Å²) < 4.78 is 38.7. The molecule has 2 aromatic carbocycles. The minimum atomic E-state index is -3.69. The van der Waals surface area contributed by atoms with Crippen LogP contribution in [0.25, 0.3) is 10.9 Å². The number of anilines is 1. The summed E-state index contributed by atoms with van der Waals surface area (Å²) in [5.74, 6) is -0.747. The molecule has 0 saturated carbocycles. The van der Waals surface area contributed by atoms with Crippen molar-refractivity contribution >= 4 is 38.5 Å². The van der Waals surface area contributed by atoms with Crippen molar-refractivity contribution in [1.29, 1.82) is 0 Å². The molecular weight excluding hydrogens is 444 g/mol. The summed E-state index contributed by atoms with van der Waals surface area (Å²) in [7, 11) is -2.42. The van der Waals surface area contributed by atoms with Crippen LogP contribution in [-0.2, 0) is 20.2 Å². The molecule has 1 aromatic heterocycles. The summed E-state index contributed by atoms with van der Waals surface area (Å²) in [6.45, 7) is 5.92. The van der Waals surface area contributed by atoms with Crippen LogP contribution in [0.15, 0.2) is 48.7 Å². The maximum atomic E-state index is 13.5. The van der Waals surface area contributed by atoms with Gasteiger partial charge in [0, 0.05) is 11.6 Å². The summed E-state index contributed by atoms with van der Waals surface area (Å²) in [5.41, 5.74) is 1.90. The van der Waals surface area contributed by atoms with E-state index in [1.54, 1.807) is 36.4 Å². The van der Waals surface area contributed by atoms with Crippen LogP contribution in [0.4, 0.5) is 5.69 Å². The molecule has 0 saturated heterocycles. The lowest BCUT2D eigenvalue weighted by atomic mass is 9.86. The van der Waals surface area contributed by atoms with Gasteiger partial charge in [0.25, 0.3) is 5.91 Å². The first-order valence-corrected chi connectivity index (χ1v) is 12.3. The molecule has 0 radical (unpaired) electrons. The zero-order valence-corrected chi connectivity index (χ0v) is 20.0. The number of benzene rings is 2. The molecule has 8 nitrogen and oxygen atoms in total. The van der Waals surface area contributed by atoms with Crippen molar-refractivity contribution in [2.45, 2.75) is 32.3 Å². The zero-order chi connectivity index (χ0) is 24.1. The van der Waals surface area contributed by atoms with Crippen molar-refractivity contribution in [2.24, 2.45) is 0 Å². The number of hydrogen-bond donors (Lipinski definition) is 0. The van der Waals surface area contributed by atoms with E-state index in [0.29, 0.717) is 22.3 Å². The Bertz CT molecular complexity index is 1370. The lowest BCUT2D eigenvalue weighted by Crippen LogP contribution is -2.48. The number of hydrogen-bond acceptors (Lipinski definition) is 6. The van der Waals surface area contributed by atoms with E-state index in [0.717, 1.165) is 11.8 Å². The van der Waals surface area contributed by atoms with E-state index in [1.807, 2.05) is 26.8 Å². The number of sulfonamides is 1. The third-order valence-electron chi connectivity index (χ3n) is 5.72. The second kappa shape index (κ2) is 7.91. The molecule has 1 aliphatic rings. The predicted octanol–water partition coefficient (Wildman–Crippen LogP) is 3.59. The number of esters is 1. The minimum absolute atomic E-state index is 0.182. The molecule has 0 aliphatic carbocycles. The van der Waals surface area contributed by atoms with Gasteiger partial charge in [-0.15, -0.1) is 0 Å². The van der Waals surface area contributed by atoms with Crippen molar-refractivity contribution in [3.63, 3.8) is 0 Å². The molecule has 1 atom stereocenters. The Kier molecular flexibility index (Phi) is 5.48. The molecule has 0 unspecified atom stereocenters. The molecule has 0 fully saturated rings. The van der Waals surface area contributed by atoms with Crippen molar-refractivity contribution in [3.05, 3.63) is 59.8 Å². The number of nitrogens with zero attached hydrogens (tertiary/aromatic N) is 2. The van der Waals surface area contributed by atoms with E-state index in [1.165, 1.54) is 22.2 Å². The first kappa shape index (κ1) is 22.8. The van der Waals surface area contributed by atoms with Gasteiger partial charge < -0.3 is 9.47 Å². The van der Waals surface area contributed by atoms with Gasteiger partial charge >= 0.3 is 5.97 Å². The Labute approximate surface area is 192 Å². The number of rotatable bonds is 3. The number of methoxy groups -OCH3 is 1. The first-order valence-electron chi connectivity index (χ1n) is 10.4. The van der Waals surface area contributed by atoms with Crippen LogP contribution < -0.4 is 9.04 Å². The predicted molar refractivity (Wildman–Crippen MR) is 126 cm³/mol. The Morgan fingerprint density at radius 3 is 2.45 bits per heavy atom. The van der Waals surface area contributed by atoms with Crippen LogP contribution in [0, 0.1) is 0 Å². The van der Waals surface area contributed by atoms with Gasteiger partial charge in [-0.25, -0.2) is 13.2 Å². The van der Waals surface area contributed by atoms with E-state index in [2.05, 4.69) is 0 Å². The van der Waals surface area contributed by atoms with E-state index >= 15 is 0 Å². The highest BCUT2D eigenvalue weighted by molar-refractivity contribution is 7.92. The largest absolute Gasteiger partial charge is 0.476 e. The molecule has 0 amide bonds. The second-order valence-corrected chi connectivity index (χ2v) is 11.0. The van der Waals surface area contributed by atoms with Crippen LogP contribution in [-0.4, -0.2) is 50.9 Å². The van der Waals surface area contributed by atoms with Gasteiger partial charge in [-0.3, -0.25) is 13.7 Å². The molecule has 33 heavy (non-hydrogen) atoms. The van der Waals surface area contributed by atoms with E-state index in [9.17, 15) is 18.0 Å². The van der Waals surface area contributed by atoms with Gasteiger partial charge in [0.15, 0.2) is 6.10 Å². The van der Waals surface area contributed by atoms with Crippen molar-refractivity contribution < 1.29 is 27.5 Å². The lowest BCUT2D eigenvalue weighted by Gasteiger charge is -2.35. The number of aromatic nitrogens is 1. The fourth-order valence-electron chi connectivity index (χ4n) is 3.95. The molecule has 1 aliphatic heterocycles. The van der Waals surface area contributed by atoms with Gasteiger partial charge in [0.1, 0.15) is 5.75 Å². The van der Waals surface area contributed by atoms with Crippen LogP contribution in [0.5, 0.6) is 5.75 Å².